The Kier molecular flexibility index (Phi) is 6.03. The molecule has 0 saturated carbocycles. The number of nitrogens with zero attached hydrogens (tertiary/aromatic N) is 1. The molecule has 1 aliphatic heterocycles. The van der Waals surface area contributed by atoms with Gasteiger partial charge in [-0.3, -0.25) is 4.90 Å². The summed E-state index contributed by atoms with van der Waals surface area (Å²) < 4.78 is 14.7. The lowest BCUT2D eigenvalue weighted by atomic mass is 9.94. The molecule has 1 N–H and O–H groups in total. The maximum atomic E-state index is 14.7. The highest BCUT2D eigenvalue weighted by Crippen LogP contribution is 2.35. The van der Waals surface area contributed by atoms with E-state index in [0.29, 0.717) is 22.1 Å². The molecule has 0 spiro atoms. The molecule has 1 heterocycles. The quantitative estimate of drug-likeness (QED) is 0.878. The molecule has 1 aromatic rings. The van der Waals surface area contributed by atoms with Crippen LogP contribution in [0.25, 0.3) is 0 Å². The zero-order valence-corrected chi connectivity index (χ0v) is 14.0. The van der Waals surface area contributed by atoms with Gasteiger partial charge in [-0.05, 0) is 37.3 Å². The number of rotatable bonds is 5. The summed E-state index contributed by atoms with van der Waals surface area (Å²) in [7, 11) is 0. The number of hydrogen-bond acceptors (Lipinski definition) is 2. The van der Waals surface area contributed by atoms with Crippen LogP contribution in [0.5, 0.6) is 0 Å². The van der Waals surface area contributed by atoms with Crippen LogP contribution in [0.1, 0.15) is 43.9 Å². The molecule has 0 aromatic heterocycles. The van der Waals surface area contributed by atoms with Crippen LogP contribution in [0.2, 0.25) is 5.02 Å². The van der Waals surface area contributed by atoms with Crippen molar-refractivity contribution in [2.24, 2.45) is 5.92 Å². The third-order valence-electron chi connectivity index (χ3n) is 4.26. The molecule has 0 radical (unpaired) electrons. The van der Waals surface area contributed by atoms with Gasteiger partial charge in [0.15, 0.2) is 0 Å². The third-order valence-corrected chi connectivity index (χ3v) is 4.59. The molecule has 1 fully saturated rings. The van der Waals surface area contributed by atoms with E-state index in [9.17, 15) is 4.39 Å². The number of aryl methyl sites for hydroxylation is 1. The standard InChI is InChI=1S/C17H26ClFN2/c1-12(2)4-7-15(21-10-8-20-9-11-21)16-14(18)6-5-13(3)17(16)19/h5-6,12,15,20H,4,7-11H2,1-3H3/t15-/m1/s1. The van der Waals surface area contributed by atoms with Crippen molar-refractivity contribution in [3.05, 3.63) is 34.1 Å². The van der Waals surface area contributed by atoms with Crippen molar-refractivity contribution in [3.63, 3.8) is 0 Å². The van der Waals surface area contributed by atoms with Crippen LogP contribution in [-0.4, -0.2) is 31.1 Å². The van der Waals surface area contributed by atoms with Gasteiger partial charge in [-0.25, -0.2) is 4.39 Å². The SMILES string of the molecule is Cc1ccc(Cl)c([C@@H](CCC(C)C)N2CCNCC2)c1F. The first-order valence-corrected chi connectivity index (χ1v) is 8.27. The summed E-state index contributed by atoms with van der Waals surface area (Å²) in [5.41, 5.74) is 1.37. The Labute approximate surface area is 132 Å². The predicted octanol–water partition coefficient (Wildman–Crippen LogP) is 4.17. The van der Waals surface area contributed by atoms with Crippen LogP contribution in [0, 0.1) is 18.7 Å². The number of hydrogen-bond donors (Lipinski definition) is 1. The lowest BCUT2D eigenvalue weighted by Crippen LogP contribution is -2.45. The molecule has 1 aliphatic rings. The molecule has 1 atom stereocenters. The Balaban J connectivity index is 2.31. The largest absolute Gasteiger partial charge is 0.314 e. The van der Waals surface area contributed by atoms with Crippen LogP contribution in [0.3, 0.4) is 0 Å². The second-order valence-electron chi connectivity index (χ2n) is 6.36. The first-order valence-electron chi connectivity index (χ1n) is 7.90. The summed E-state index contributed by atoms with van der Waals surface area (Å²) in [6, 6.07) is 3.68. The van der Waals surface area contributed by atoms with Gasteiger partial charge in [0.1, 0.15) is 5.82 Å². The minimum Gasteiger partial charge on any atom is -0.314 e. The van der Waals surface area contributed by atoms with E-state index >= 15 is 0 Å². The highest BCUT2D eigenvalue weighted by atomic mass is 35.5. The van der Waals surface area contributed by atoms with Gasteiger partial charge < -0.3 is 5.32 Å². The van der Waals surface area contributed by atoms with Gasteiger partial charge in [0.05, 0.1) is 0 Å². The maximum Gasteiger partial charge on any atom is 0.132 e. The van der Waals surface area contributed by atoms with Crippen molar-refractivity contribution in [2.75, 3.05) is 26.2 Å². The van der Waals surface area contributed by atoms with Crippen LogP contribution >= 0.6 is 11.6 Å². The molecule has 118 valence electrons. The topological polar surface area (TPSA) is 15.3 Å². The fourth-order valence-electron chi connectivity index (χ4n) is 2.98. The van der Waals surface area contributed by atoms with Crippen molar-refractivity contribution < 1.29 is 4.39 Å². The van der Waals surface area contributed by atoms with Crippen LogP contribution in [0.15, 0.2) is 12.1 Å². The van der Waals surface area contributed by atoms with E-state index in [1.807, 2.05) is 13.0 Å². The molecule has 1 saturated heterocycles. The summed E-state index contributed by atoms with van der Waals surface area (Å²) in [5, 5.41) is 3.92. The molecule has 2 rings (SSSR count). The molecule has 0 amide bonds. The summed E-state index contributed by atoms with van der Waals surface area (Å²) in [4.78, 5) is 2.38. The highest BCUT2D eigenvalue weighted by Gasteiger charge is 2.27. The van der Waals surface area contributed by atoms with Crippen molar-refractivity contribution in [2.45, 2.75) is 39.7 Å². The highest BCUT2D eigenvalue weighted by molar-refractivity contribution is 6.31. The number of benzene rings is 1. The van der Waals surface area contributed by atoms with Gasteiger partial charge in [0.2, 0.25) is 0 Å². The molecule has 0 unspecified atom stereocenters. The Morgan fingerprint density at radius 3 is 2.52 bits per heavy atom. The number of nitrogens with one attached hydrogen (secondary N) is 1. The summed E-state index contributed by atoms with van der Waals surface area (Å²) in [5.74, 6) is 0.483. The van der Waals surface area contributed by atoms with Gasteiger partial charge in [-0.1, -0.05) is 31.5 Å². The van der Waals surface area contributed by atoms with E-state index in [4.69, 9.17) is 11.6 Å². The molecule has 0 bridgehead atoms. The molecular formula is C17H26ClFN2. The van der Waals surface area contributed by atoms with E-state index in [1.54, 1.807) is 6.07 Å². The smallest absolute Gasteiger partial charge is 0.132 e. The van der Waals surface area contributed by atoms with E-state index < -0.39 is 0 Å². The minimum atomic E-state index is -0.130. The first kappa shape index (κ1) is 16.7. The van der Waals surface area contributed by atoms with Gasteiger partial charge in [-0.15, -0.1) is 0 Å². The number of piperazine rings is 1. The normalized spacial score (nSPS) is 18.2. The zero-order chi connectivity index (χ0) is 15.4. The van der Waals surface area contributed by atoms with Crippen LogP contribution in [0.4, 0.5) is 4.39 Å². The van der Waals surface area contributed by atoms with Crippen LogP contribution < -0.4 is 5.32 Å². The van der Waals surface area contributed by atoms with Crippen molar-refractivity contribution in [3.8, 4) is 0 Å². The predicted molar refractivity (Wildman–Crippen MR) is 87.4 cm³/mol. The molecule has 1 aromatic carbocycles. The zero-order valence-electron chi connectivity index (χ0n) is 13.3. The maximum absolute atomic E-state index is 14.7. The van der Waals surface area contributed by atoms with E-state index in [0.717, 1.165) is 39.0 Å². The van der Waals surface area contributed by atoms with Gasteiger partial charge in [0.25, 0.3) is 0 Å². The fraction of sp³-hybridized carbons (Fsp3) is 0.647. The monoisotopic (exact) mass is 312 g/mol. The summed E-state index contributed by atoms with van der Waals surface area (Å²) in [6.07, 6.45) is 2.04. The molecule has 0 aliphatic carbocycles. The van der Waals surface area contributed by atoms with Gasteiger partial charge in [0, 0.05) is 42.8 Å². The van der Waals surface area contributed by atoms with E-state index in [1.165, 1.54) is 0 Å². The molecule has 4 heteroatoms. The third kappa shape index (κ3) is 4.18. The molecular weight excluding hydrogens is 287 g/mol. The molecule has 2 nitrogen and oxygen atoms in total. The Morgan fingerprint density at radius 2 is 1.90 bits per heavy atom. The Hall–Kier alpha value is -0.640. The van der Waals surface area contributed by atoms with E-state index in [2.05, 4.69) is 24.1 Å². The summed E-state index contributed by atoms with van der Waals surface area (Å²) in [6.45, 7) is 10.1. The van der Waals surface area contributed by atoms with Crippen LogP contribution in [-0.2, 0) is 0 Å². The minimum absolute atomic E-state index is 0.0851. The van der Waals surface area contributed by atoms with E-state index in [-0.39, 0.29) is 11.9 Å². The lowest BCUT2D eigenvalue weighted by molar-refractivity contribution is 0.156. The average Bonchev–Trinajstić information content (AvgIpc) is 2.47. The fourth-order valence-corrected chi connectivity index (χ4v) is 3.25. The lowest BCUT2D eigenvalue weighted by Gasteiger charge is -2.36. The van der Waals surface area contributed by atoms with Gasteiger partial charge in [-0.2, -0.15) is 0 Å². The van der Waals surface area contributed by atoms with Crippen molar-refractivity contribution in [1.82, 2.24) is 10.2 Å². The average molecular weight is 313 g/mol. The Morgan fingerprint density at radius 1 is 1.24 bits per heavy atom. The van der Waals surface area contributed by atoms with Gasteiger partial charge >= 0.3 is 0 Å². The first-order chi connectivity index (χ1) is 10.0. The second-order valence-corrected chi connectivity index (χ2v) is 6.77. The Bertz CT molecular complexity index is 470. The summed E-state index contributed by atoms with van der Waals surface area (Å²) >= 11 is 6.35. The second kappa shape index (κ2) is 7.57. The number of halogens is 2. The van der Waals surface area contributed by atoms with Crippen molar-refractivity contribution >= 4 is 11.6 Å². The van der Waals surface area contributed by atoms with Crippen molar-refractivity contribution in [1.29, 1.82) is 0 Å². The molecule has 21 heavy (non-hydrogen) atoms.